The molecule has 4 aromatic carbocycles. The van der Waals surface area contributed by atoms with Crippen LogP contribution in [0.2, 0.25) is 0 Å². The molecule has 1 N–H and O–H groups in total. The van der Waals surface area contributed by atoms with E-state index in [0.717, 1.165) is 25.5 Å². The van der Waals surface area contributed by atoms with Gasteiger partial charge >= 0.3 is 0 Å². The zero-order valence-corrected chi connectivity index (χ0v) is 29.5. The van der Waals surface area contributed by atoms with Crippen molar-refractivity contribution < 1.29 is 27.5 Å². The zero-order valence-electron chi connectivity index (χ0n) is 27.1. The summed E-state index contributed by atoms with van der Waals surface area (Å²) in [5.41, 5.74) is 2.62. The van der Waals surface area contributed by atoms with E-state index < -0.39 is 28.5 Å². The van der Waals surface area contributed by atoms with Crippen LogP contribution in [0.5, 0.6) is 11.5 Å². The molecule has 248 valence electrons. The fourth-order valence-corrected chi connectivity index (χ4v) is 6.74. The molecule has 11 heteroatoms. The van der Waals surface area contributed by atoms with Gasteiger partial charge in [0.2, 0.25) is 11.8 Å². The van der Waals surface area contributed by atoms with Crippen LogP contribution >= 0.6 is 15.9 Å². The number of nitrogens with zero attached hydrogens (tertiary/aromatic N) is 2. The first-order valence-corrected chi connectivity index (χ1v) is 17.4. The molecule has 47 heavy (non-hydrogen) atoms. The number of hydrogen-bond donors (Lipinski definition) is 1. The molecule has 0 aliphatic carbocycles. The fraction of sp³-hybridized carbons (Fsp3) is 0.278. The van der Waals surface area contributed by atoms with Crippen LogP contribution in [0.25, 0.3) is 0 Å². The molecule has 0 spiro atoms. The topological polar surface area (TPSA) is 105 Å². The quantitative estimate of drug-likeness (QED) is 0.168. The van der Waals surface area contributed by atoms with Crippen molar-refractivity contribution in [1.29, 1.82) is 0 Å². The molecule has 0 aliphatic rings. The highest BCUT2D eigenvalue weighted by Gasteiger charge is 2.36. The van der Waals surface area contributed by atoms with Gasteiger partial charge in [0.1, 0.15) is 24.1 Å². The molecule has 9 nitrogen and oxygen atoms in total. The van der Waals surface area contributed by atoms with Gasteiger partial charge in [-0.25, -0.2) is 8.42 Å². The summed E-state index contributed by atoms with van der Waals surface area (Å²) < 4.78 is 41.6. The Bertz CT molecular complexity index is 1770. The second kappa shape index (κ2) is 16.0. The van der Waals surface area contributed by atoms with Gasteiger partial charge in [0, 0.05) is 29.5 Å². The lowest BCUT2D eigenvalue weighted by molar-refractivity contribution is -0.140. The first-order valence-electron chi connectivity index (χ1n) is 15.1. The first-order chi connectivity index (χ1) is 22.4. The van der Waals surface area contributed by atoms with Crippen molar-refractivity contribution in [2.24, 2.45) is 0 Å². The molecule has 0 fully saturated rings. The number of benzene rings is 4. The van der Waals surface area contributed by atoms with E-state index in [9.17, 15) is 18.0 Å². The van der Waals surface area contributed by atoms with E-state index in [-0.39, 0.29) is 41.2 Å². The van der Waals surface area contributed by atoms with Crippen molar-refractivity contribution in [2.45, 2.75) is 50.7 Å². The maximum Gasteiger partial charge on any atom is 0.264 e. The average Bonchev–Trinajstić information content (AvgIpc) is 3.06. The minimum absolute atomic E-state index is 0.00128. The summed E-state index contributed by atoms with van der Waals surface area (Å²) in [6.07, 6.45) is 0.217. The summed E-state index contributed by atoms with van der Waals surface area (Å²) >= 11 is 3.46. The number of carbonyl (C=O) groups excluding carboxylic acids is 2. The molecule has 0 heterocycles. The van der Waals surface area contributed by atoms with Crippen LogP contribution < -0.4 is 19.1 Å². The molecular weight excluding hydrogens is 682 g/mol. The molecule has 1 atom stereocenters. The van der Waals surface area contributed by atoms with Crippen molar-refractivity contribution in [1.82, 2.24) is 10.2 Å². The van der Waals surface area contributed by atoms with E-state index in [1.54, 1.807) is 24.3 Å². The standard InChI is InChI=1S/C36H40BrN3O6S/c1-25(2)38-36(42)33(21-27-9-7-6-8-10-27)39(23-28-13-15-29(37)16-14-28)35(41)24-40(32-22-30(45-4)17-20-34(32)46-5)47(43,44)31-18-11-26(3)12-19-31/h6-20,22,25,33H,21,23-24H2,1-5H3,(H,38,42)/t33-/m1/s1. The van der Waals surface area contributed by atoms with Gasteiger partial charge in [-0.2, -0.15) is 0 Å². The van der Waals surface area contributed by atoms with Crippen molar-refractivity contribution in [2.75, 3.05) is 25.1 Å². The van der Waals surface area contributed by atoms with Crippen molar-refractivity contribution >= 4 is 43.5 Å². The average molecular weight is 723 g/mol. The maximum atomic E-state index is 14.7. The highest BCUT2D eigenvalue weighted by atomic mass is 79.9. The lowest BCUT2D eigenvalue weighted by Gasteiger charge is -2.34. The minimum atomic E-state index is -4.32. The molecule has 0 saturated heterocycles. The summed E-state index contributed by atoms with van der Waals surface area (Å²) in [4.78, 5) is 30.0. The van der Waals surface area contributed by atoms with Crippen LogP contribution in [-0.4, -0.2) is 58.0 Å². The smallest absolute Gasteiger partial charge is 0.264 e. The lowest BCUT2D eigenvalue weighted by atomic mass is 10.0. The molecule has 0 aromatic heterocycles. The summed E-state index contributed by atoms with van der Waals surface area (Å²) in [6.45, 7) is 5.00. The van der Waals surface area contributed by atoms with Gasteiger partial charge < -0.3 is 19.7 Å². The molecule has 0 radical (unpaired) electrons. The molecule has 0 unspecified atom stereocenters. The van der Waals surface area contributed by atoms with Gasteiger partial charge in [0.05, 0.1) is 24.8 Å². The molecule has 4 aromatic rings. The number of anilines is 1. The van der Waals surface area contributed by atoms with Crippen molar-refractivity contribution in [3.63, 3.8) is 0 Å². The van der Waals surface area contributed by atoms with Crippen LogP contribution in [0.15, 0.2) is 106 Å². The second-order valence-corrected chi connectivity index (χ2v) is 14.2. The van der Waals surface area contributed by atoms with E-state index in [0.29, 0.717) is 5.75 Å². The Morgan fingerprint density at radius 1 is 0.851 bits per heavy atom. The first kappa shape index (κ1) is 35.5. The number of sulfonamides is 1. The number of ether oxygens (including phenoxy) is 2. The molecule has 0 saturated carbocycles. The number of aryl methyl sites for hydroxylation is 1. The van der Waals surface area contributed by atoms with E-state index in [1.165, 1.54) is 37.3 Å². The highest BCUT2D eigenvalue weighted by Crippen LogP contribution is 2.36. The summed E-state index contributed by atoms with van der Waals surface area (Å²) in [7, 11) is -1.42. The van der Waals surface area contributed by atoms with Crippen LogP contribution in [0, 0.1) is 6.92 Å². The predicted molar refractivity (Wildman–Crippen MR) is 187 cm³/mol. The summed E-state index contributed by atoms with van der Waals surface area (Å²) in [5.74, 6) is -0.316. The number of methoxy groups -OCH3 is 2. The predicted octanol–water partition coefficient (Wildman–Crippen LogP) is 6.13. The third-order valence-electron chi connectivity index (χ3n) is 7.51. The summed E-state index contributed by atoms with van der Waals surface area (Å²) in [6, 6.07) is 26.9. The Labute approximate surface area is 285 Å². The fourth-order valence-electron chi connectivity index (χ4n) is 5.06. The monoisotopic (exact) mass is 721 g/mol. The summed E-state index contributed by atoms with van der Waals surface area (Å²) in [5, 5.41) is 2.96. The van der Waals surface area contributed by atoms with Crippen molar-refractivity contribution in [3.05, 3.63) is 118 Å². The largest absolute Gasteiger partial charge is 0.497 e. The molecule has 0 aliphatic heterocycles. The van der Waals surface area contributed by atoms with E-state index in [1.807, 2.05) is 75.4 Å². The van der Waals surface area contributed by atoms with E-state index in [4.69, 9.17) is 9.47 Å². The number of amides is 2. The van der Waals surface area contributed by atoms with Crippen molar-refractivity contribution in [3.8, 4) is 11.5 Å². The SMILES string of the molecule is COc1ccc(OC)c(N(CC(=O)N(Cc2ccc(Br)cc2)[C@H](Cc2ccccc2)C(=O)NC(C)C)S(=O)(=O)c2ccc(C)cc2)c1. The van der Waals surface area contributed by atoms with Crippen LogP contribution in [0.3, 0.4) is 0 Å². The van der Waals surface area contributed by atoms with Gasteiger partial charge in [-0.15, -0.1) is 0 Å². The zero-order chi connectivity index (χ0) is 34.1. The number of hydrogen-bond acceptors (Lipinski definition) is 6. The molecule has 4 rings (SSSR count). The van der Waals surface area contributed by atoms with Crippen LogP contribution in [0.4, 0.5) is 5.69 Å². The van der Waals surface area contributed by atoms with Gasteiger partial charge in [0.15, 0.2) is 0 Å². The normalized spacial score (nSPS) is 11.9. The Balaban J connectivity index is 1.86. The Kier molecular flexibility index (Phi) is 12.1. The van der Waals surface area contributed by atoms with E-state index in [2.05, 4.69) is 21.2 Å². The lowest BCUT2D eigenvalue weighted by Crippen LogP contribution is -2.54. The number of carbonyl (C=O) groups is 2. The molecule has 0 bridgehead atoms. The maximum absolute atomic E-state index is 14.7. The van der Waals surface area contributed by atoms with Gasteiger partial charge in [-0.3, -0.25) is 13.9 Å². The molecule has 2 amide bonds. The van der Waals surface area contributed by atoms with E-state index >= 15 is 0 Å². The Morgan fingerprint density at radius 3 is 2.11 bits per heavy atom. The van der Waals surface area contributed by atoms with Crippen LogP contribution in [-0.2, 0) is 32.6 Å². The number of rotatable bonds is 14. The van der Waals surface area contributed by atoms with Gasteiger partial charge in [-0.1, -0.05) is 76.1 Å². The molecular formula is C36H40BrN3O6S. The van der Waals surface area contributed by atoms with Gasteiger partial charge in [-0.05, 0) is 68.3 Å². The minimum Gasteiger partial charge on any atom is -0.497 e. The van der Waals surface area contributed by atoms with Gasteiger partial charge in [0.25, 0.3) is 10.0 Å². The number of halogens is 1. The highest BCUT2D eigenvalue weighted by molar-refractivity contribution is 9.10. The Hall–Kier alpha value is -4.35. The second-order valence-electron chi connectivity index (χ2n) is 11.4. The van der Waals surface area contributed by atoms with Crippen LogP contribution in [0.1, 0.15) is 30.5 Å². The third kappa shape index (κ3) is 9.14. The number of nitrogens with one attached hydrogen (secondary N) is 1. The Morgan fingerprint density at radius 2 is 1.51 bits per heavy atom. The third-order valence-corrected chi connectivity index (χ3v) is 9.81.